The number of rotatable bonds is 8. The zero-order chi connectivity index (χ0) is 21.8. The van der Waals surface area contributed by atoms with Crippen LogP contribution in [-0.2, 0) is 9.59 Å². The highest BCUT2D eigenvalue weighted by Gasteiger charge is 1.94. The number of guanidine groups is 1. The molecule has 152 valence electrons. The molecule has 0 amide bonds. The van der Waals surface area contributed by atoms with Crippen molar-refractivity contribution in [3.8, 4) is 0 Å². The van der Waals surface area contributed by atoms with E-state index in [2.05, 4.69) is 21.1 Å². The van der Waals surface area contributed by atoms with E-state index in [0.717, 1.165) is 34.4 Å². The number of carboxylic acids is 2. The summed E-state index contributed by atoms with van der Waals surface area (Å²) < 4.78 is 0. The molecule has 2 rings (SSSR count). The van der Waals surface area contributed by atoms with Gasteiger partial charge in [-0.05, 0) is 34.4 Å². The number of carboxylic acid groups (broad SMARTS) is 2. The van der Waals surface area contributed by atoms with Gasteiger partial charge in [-0.2, -0.15) is 10.2 Å². The summed E-state index contributed by atoms with van der Waals surface area (Å²) >= 11 is 0. The Kier molecular flexibility index (Phi) is 8.23. The molecule has 0 fully saturated rings. The third-order valence-electron chi connectivity index (χ3n) is 3.49. The summed E-state index contributed by atoms with van der Waals surface area (Å²) in [6, 6.07) is 14.0. The summed E-state index contributed by atoms with van der Waals surface area (Å²) in [4.78, 5) is 21.0. The molecule has 2 aromatic carbocycles. The molecule has 0 heterocycles. The van der Waals surface area contributed by atoms with Crippen LogP contribution in [-0.4, -0.2) is 40.5 Å². The fourth-order valence-electron chi connectivity index (χ4n) is 2.09. The van der Waals surface area contributed by atoms with Gasteiger partial charge in [-0.15, -0.1) is 0 Å². The number of carbonyl (C=O) groups is 2. The highest BCUT2D eigenvalue weighted by molar-refractivity contribution is 5.87. The van der Waals surface area contributed by atoms with Gasteiger partial charge in [-0.1, -0.05) is 48.5 Å². The van der Waals surface area contributed by atoms with E-state index in [4.69, 9.17) is 15.6 Å². The molecule has 0 aliphatic rings. The second-order valence-electron chi connectivity index (χ2n) is 5.79. The monoisotopic (exact) mass is 405 g/mol. The van der Waals surface area contributed by atoms with Gasteiger partial charge >= 0.3 is 11.9 Å². The van der Waals surface area contributed by atoms with Crippen molar-refractivity contribution >= 4 is 42.5 Å². The van der Waals surface area contributed by atoms with E-state index in [9.17, 15) is 9.59 Å². The first kappa shape index (κ1) is 21.8. The van der Waals surface area contributed by atoms with Gasteiger partial charge in [0.15, 0.2) is 0 Å². The van der Waals surface area contributed by atoms with Crippen LogP contribution in [0.25, 0.3) is 12.2 Å². The third kappa shape index (κ3) is 8.44. The van der Waals surface area contributed by atoms with Crippen molar-refractivity contribution in [1.29, 1.82) is 5.41 Å². The molecule has 0 radical (unpaired) electrons. The fraction of sp³-hybridized carbons (Fsp3) is 0. The summed E-state index contributed by atoms with van der Waals surface area (Å²) in [6.07, 6.45) is 8.10. The van der Waals surface area contributed by atoms with Gasteiger partial charge in [0.2, 0.25) is 5.96 Å². The second kappa shape index (κ2) is 11.3. The molecular weight excluding hydrogens is 386 g/mol. The SMILES string of the molecule is N=C(N/N=C/c1ccc(/C=C/C(=O)O)cc1)N/N=C/c1ccc(/C=C/C(=O)O)cc1. The summed E-state index contributed by atoms with van der Waals surface area (Å²) in [5.41, 5.74) is 7.99. The summed E-state index contributed by atoms with van der Waals surface area (Å²) in [5.74, 6) is -2.16. The van der Waals surface area contributed by atoms with E-state index in [1.807, 2.05) is 0 Å². The topological polar surface area (TPSA) is 147 Å². The molecule has 5 N–H and O–H groups in total. The number of benzene rings is 2. The number of aliphatic carboxylic acids is 2. The fourth-order valence-corrected chi connectivity index (χ4v) is 2.09. The average molecular weight is 405 g/mol. The molecule has 0 saturated carbocycles. The van der Waals surface area contributed by atoms with Crippen molar-refractivity contribution in [3.05, 3.63) is 82.9 Å². The number of hydrazone groups is 2. The maximum atomic E-state index is 10.5. The minimum absolute atomic E-state index is 0.135. The Bertz CT molecular complexity index is 925. The molecule has 0 aliphatic heterocycles. The van der Waals surface area contributed by atoms with Crippen LogP contribution in [0.3, 0.4) is 0 Å². The molecule has 30 heavy (non-hydrogen) atoms. The predicted octanol–water partition coefficient (Wildman–Crippen LogP) is 2.36. The maximum absolute atomic E-state index is 10.5. The Labute approximate surface area is 172 Å². The molecule has 0 unspecified atom stereocenters. The number of nitrogens with one attached hydrogen (secondary N) is 3. The van der Waals surface area contributed by atoms with Crippen LogP contribution < -0.4 is 10.9 Å². The first-order valence-corrected chi connectivity index (χ1v) is 8.61. The van der Waals surface area contributed by atoms with Gasteiger partial charge in [-0.3, -0.25) is 5.41 Å². The van der Waals surface area contributed by atoms with Crippen molar-refractivity contribution < 1.29 is 19.8 Å². The van der Waals surface area contributed by atoms with Gasteiger partial charge in [0.1, 0.15) is 0 Å². The molecule has 9 nitrogen and oxygen atoms in total. The Morgan fingerprint density at radius 1 is 0.700 bits per heavy atom. The molecule has 9 heteroatoms. The zero-order valence-corrected chi connectivity index (χ0v) is 15.7. The normalized spacial score (nSPS) is 11.5. The Balaban J connectivity index is 1.79. The Hall–Kier alpha value is -4.53. The largest absolute Gasteiger partial charge is 0.478 e. The van der Waals surface area contributed by atoms with E-state index in [1.54, 1.807) is 48.5 Å². The van der Waals surface area contributed by atoms with Crippen molar-refractivity contribution in [2.45, 2.75) is 0 Å². The van der Waals surface area contributed by atoms with Crippen molar-refractivity contribution in [2.24, 2.45) is 10.2 Å². The molecule has 0 spiro atoms. The van der Waals surface area contributed by atoms with Crippen LogP contribution >= 0.6 is 0 Å². The van der Waals surface area contributed by atoms with Crippen molar-refractivity contribution in [1.82, 2.24) is 10.9 Å². The molecule has 0 atom stereocenters. The summed E-state index contributed by atoms with van der Waals surface area (Å²) in [5, 5.41) is 32.7. The molecule has 0 aromatic heterocycles. The Morgan fingerprint density at radius 2 is 1.03 bits per heavy atom. The van der Waals surface area contributed by atoms with E-state index in [1.165, 1.54) is 24.6 Å². The molecular formula is C21H19N5O4. The van der Waals surface area contributed by atoms with Gasteiger partial charge in [0, 0.05) is 12.2 Å². The highest BCUT2D eigenvalue weighted by Crippen LogP contribution is 2.05. The lowest BCUT2D eigenvalue weighted by Gasteiger charge is -2.01. The van der Waals surface area contributed by atoms with Gasteiger partial charge in [0.25, 0.3) is 0 Å². The quantitative estimate of drug-likeness (QED) is 0.197. The minimum Gasteiger partial charge on any atom is -0.478 e. The Morgan fingerprint density at radius 3 is 1.37 bits per heavy atom. The van der Waals surface area contributed by atoms with Gasteiger partial charge in [0.05, 0.1) is 12.4 Å². The van der Waals surface area contributed by atoms with Crippen molar-refractivity contribution in [2.75, 3.05) is 0 Å². The first-order valence-electron chi connectivity index (χ1n) is 8.61. The van der Waals surface area contributed by atoms with E-state index < -0.39 is 11.9 Å². The number of hydrogen-bond donors (Lipinski definition) is 5. The lowest BCUT2D eigenvalue weighted by molar-refractivity contribution is -0.132. The van der Waals surface area contributed by atoms with Crippen LogP contribution in [0.2, 0.25) is 0 Å². The zero-order valence-electron chi connectivity index (χ0n) is 15.7. The minimum atomic E-state index is -1.01. The van der Waals surface area contributed by atoms with Gasteiger partial charge < -0.3 is 10.2 Å². The molecule has 2 aromatic rings. The van der Waals surface area contributed by atoms with Crippen LogP contribution in [0.5, 0.6) is 0 Å². The van der Waals surface area contributed by atoms with Gasteiger partial charge in [-0.25, -0.2) is 20.4 Å². The average Bonchev–Trinajstić information content (AvgIpc) is 2.72. The standard InChI is InChI=1S/C21H19N5O4/c22-21(25-23-13-17-5-1-15(2-6-17)9-11-19(27)28)26-24-14-18-7-3-16(4-8-18)10-12-20(29)30/h1-14H,(H,27,28)(H,29,30)(H3,22,25,26)/b11-9+,12-10+,23-13+,24-14+. The van der Waals surface area contributed by atoms with Crippen molar-refractivity contribution in [3.63, 3.8) is 0 Å². The van der Waals surface area contributed by atoms with E-state index in [-0.39, 0.29) is 5.96 Å². The number of nitrogens with zero attached hydrogens (tertiary/aromatic N) is 2. The highest BCUT2D eigenvalue weighted by atomic mass is 16.4. The second-order valence-corrected chi connectivity index (χ2v) is 5.79. The van der Waals surface area contributed by atoms with Crippen LogP contribution in [0.4, 0.5) is 0 Å². The first-order chi connectivity index (χ1) is 14.4. The summed E-state index contributed by atoms with van der Waals surface area (Å²) in [6.45, 7) is 0. The predicted molar refractivity (Wildman–Crippen MR) is 115 cm³/mol. The lowest BCUT2D eigenvalue weighted by Crippen LogP contribution is -2.29. The van der Waals surface area contributed by atoms with Crippen LogP contribution in [0.15, 0.2) is 70.9 Å². The maximum Gasteiger partial charge on any atom is 0.328 e. The van der Waals surface area contributed by atoms with E-state index in [0.29, 0.717) is 0 Å². The van der Waals surface area contributed by atoms with Crippen LogP contribution in [0, 0.1) is 5.41 Å². The summed E-state index contributed by atoms with van der Waals surface area (Å²) in [7, 11) is 0. The molecule has 0 bridgehead atoms. The third-order valence-corrected chi connectivity index (χ3v) is 3.49. The molecule has 0 saturated heterocycles. The van der Waals surface area contributed by atoms with E-state index >= 15 is 0 Å². The smallest absolute Gasteiger partial charge is 0.328 e. The molecule has 0 aliphatic carbocycles. The lowest BCUT2D eigenvalue weighted by atomic mass is 10.1. The van der Waals surface area contributed by atoms with Crippen LogP contribution in [0.1, 0.15) is 22.3 Å². The number of hydrogen-bond acceptors (Lipinski definition) is 5.